The van der Waals surface area contributed by atoms with Gasteiger partial charge in [0.1, 0.15) is 5.17 Å². The average Bonchev–Trinajstić information content (AvgIpc) is 2.84. The van der Waals surface area contributed by atoms with E-state index in [1.54, 1.807) is 17.8 Å². The highest BCUT2D eigenvalue weighted by Gasteiger charge is 2.17. The molecule has 4 rings (SSSR count). The molecule has 1 N–H and O–H groups in total. The van der Waals surface area contributed by atoms with Crippen LogP contribution < -0.4 is 5.32 Å². The van der Waals surface area contributed by atoms with Crippen LogP contribution in [-0.4, -0.2) is 17.6 Å². The second kappa shape index (κ2) is 7.99. The quantitative estimate of drug-likeness (QED) is 0.642. The van der Waals surface area contributed by atoms with E-state index < -0.39 is 0 Å². The number of carbonyl (C=O) groups excluding carboxylic acids is 1. The van der Waals surface area contributed by atoms with Gasteiger partial charge >= 0.3 is 0 Å². The number of amides is 1. The van der Waals surface area contributed by atoms with Gasteiger partial charge in [-0.15, -0.1) is 0 Å². The minimum absolute atomic E-state index is 0.105. The van der Waals surface area contributed by atoms with Gasteiger partial charge in [-0.2, -0.15) is 0 Å². The van der Waals surface area contributed by atoms with E-state index in [0.717, 1.165) is 27.5 Å². The van der Waals surface area contributed by atoms with E-state index in [-0.39, 0.29) is 5.91 Å². The maximum absolute atomic E-state index is 12.5. The highest BCUT2D eigenvalue weighted by atomic mass is 35.5. The standard InChI is InChI=1S/C22H17ClN2OS/c23-21-17-8-4-5-9-19(17)27-20-11-10-16(14-18(20)25-21)22(26)24-13-12-15-6-2-1-3-7-15/h1-11,14H,12-13H2,(H,24,26). The summed E-state index contributed by atoms with van der Waals surface area (Å²) in [5, 5.41) is 3.41. The lowest BCUT2D eigenvalue weighted by molar-refractivity contribution is 0.0954. The summed E-state index contributed by atoms with van der Waals surface area (Å²) < 4.78 is 0. The maximum Gasteiger partial charge on any atom is 0.251 e. The van der Waals surface area contributed by atoms with Gasteiger partial charge in [-0.1, -0.05) is 71.9 Å². The van der Waals surface area contributed by atoms with E-state index in [9.17, 15) is 4.79 Å². The molecule has 0 aliphatic carbocycles. The Hall–Kier alpha value is -2.56. The van der Waals surface area contributed by atoms with Crippen LogP contribution in [0.15, 0.2) is 87.6 Å². The van der Waals surface area contributed by atoms with Crippen molar-refractivity contribution < 1.29 is 4.79 Å². The first-order valence-corrected chi connectivity index (χ1v) is 9.88. The molecule has 5 heteroatoms. The highest BCUT2D eigenvalue weighted by Crippen LogP contribution is 2.41. The summed E-state index contributed by atoms with van der Waals surface area (Å²) >= 11 is 8.01. The van der Waals surface area contributed by atoms with Crippen LogP contribution in [0.3, 0.4) is 0 Å². The molecule has 134 valence electrons. The zero-order valence-corrected chi connectivity index (χ0v) is 16.1. The average molecular weight is 393 g/mol. The lowest BCUT2D eigenvalue weighted by Gasteiger charge is -2.08. The number of benzene rings is 3. The van der Waals surface area contributed by atoms with Crippen LogP contribution >= 0.6 is 23.4 Å². The summed E-state index contributed by atoms with van der Waals surface area (Å²) in [7, 11) is 0. The number of hydrogen-bond acceptors (Lipinski definition) is 3. The van der Waals surface area contributed by atoms with E-state index in [0.29, 0.717) is 17.3 Å². The van der Waals surface area contributed by atoms with Crippen LogP contribution in [0.4, 0.5) is 5.69 Å². The van der Waals surface area contributed by atoms with E-state index in [1.165, 1.54) is 5.56 Å². The monoisotopic (exact) mass is 392 g/mol. The highest BCUT2D eigenvalue weighted by molar-refractivity contribution is 7.99. The van der Waals surface area contributed by atoms with Gasteiger partial charge in [0.05, 0.1) is 5.69 Å². The Bertz CT molecular complexity index is 1020. The van der Waals surface area contributed by atoms with E-state index >= 15 is 0 Å². The zero-order chi connectivity index (χ0) is 18.6. The van der Waals surface area contributed by atoms with Gasteiger partial charge in [0, 0.05) is 27.5 Å². The third kappa shape index (κ3) is 4.07. The molecule has 0 saturated carbocycles. The largest absolute Gasteiger partial charge is 0.352 e. The fourth-order valence-electron chi connectivity index (χ4n) is 2.91. The molecule has 1 amide bonds. The molecule has 3 aromatic rings. The third-order valence-electron chi connectivity index (χ3n) is 4.31. The fourth-order valence-corrected chi connectivity index (χ4v) is 4.23. The Morgan fingerprint density at radius 2 is 1.74 bits per heavy atom. The molecule has 0 aromatic heterocycles. The first-order chi connectivity index (χ1) is 13.2. The molecular weight excluding hydrogens is 376 g/mol. The van der Waals surface area contributed by atoms with Crippen LogP contribution in [0.25, 0.3) is 0 Å². The Morgan fingerprint density at radius 1 is 0.963 bits per heavy atom. The maximum atomic E-state index is 12.5. The van der Waals surface area contributed by atoms with E-state index in [2.05, 4.69) is 22.4 Å². The number of fused-ring (bicyclic) bond motifs is 2. The van der Waals surface area contributed by atoms with Crippen molar-refractivity contribution in [3.8, 4) is 0 Å². The second-order valence-electron chi connectivity index (χ2n) is 6.17. The zero-order valence-electron chi connectivity index (χ0n) is 14.5. The van der Waals surface area contributed by atoms with E-state index in [1.807, 2.05) is 54.6 Å². The molecule has 1 aliphatic heterocycles. The van der Waals surface area contributed by atoms with Gasteiger partial charge in [0.2, 0.25) is 0 Å². The number of halogens is 1. The van der Waals surface area contributed by atoms with Crippen LogP contribution in [0.1, 0.15) is 21.5 Å². The van der Waals surface area contributed by atoms with Gasteiger partial charge in [-0.3, -0.25) is 4.79 Å². The molecule has 27 heavy (non-hydrogen) atoms. The Labute approximate surface area is 167 Å². The van der Waals surface area contributed by atoms with Crippen molar-refractivity contribution in [3.63, 3.8) is 0 Å². The van der Waals surface area contributed by atoms with Crippen LogP contribution in [0.2, 0.25) is 0 Å². The smallest absolute Gasteiger partial charge is 0.251 e. The van der Waals surface area contributed by atoms with Crippen LogP contribution in [-0.2, 0) is 6.42 Å². The van der Waals surface area contributed by atoms with Crippen molar-refractivity contribution in [1.29, 1.82) is 0 Å². The molecule has 0 spiro atoms. The fraction of sp³-hybridized carbons (Fsp3) is 0.0909. The lowest BCUT2D eigenvalue weighted by Crippen LogP contribution is -2.25. The molecule has 0 atom stereocenters. The molecule has 0 bridgehead atoms. The molecule has 3 nitrogen and oxygen atoms in total. The van der Waals surface area contributed by atoms with Crippen molar-refractivity contribution >= 4 is 40.1 Å². The molecule has 0 unspecified atom stereocenters. The Morgan fingerprint density at radius 3 is 2.59 bits per heavy atom. The normalized spacial score (nSPS) is 12.4. The van der Waals surface area contributed by atoms with Gasteiger partial charge in [-0.05, 0) is 36.2 Å². The molecule has 0 saturated heterocycles. The van der Waals surface area contributed by atoms with Crippen molar-refractivity contribution in [2.45, 2.75) is 16.2 Å². The summed E-state index contributed by atoms with van der Waals surface area (Å²) in [6.45, 7) is 0.587. The molecule has 0 fully saturated rings. The van der Waals surface area contributed by atoms with Crippen molar-refractivity contribution in [2.24, 2.45) is 4.99 Å². The van der Waals surface area contributed by atoms with Gasteiger partial charge in [-0.25, -0.2) is 4.99 Å². The SMILES string of the molecule is O=C(NCCc1ccccc1)c1ccc2c(c1)N=C(Cl)c1ccccc1S2. The van der Waals surface area contributed by atoms with Crippen molar-refractivity contribution in [3.05, 3.63) is 89.5 Å². The number of hydrogen-bond donors (Lipinski definition) is 1. The van der Waals surface area contributed by atoms with Gasteiger partial charge in [0.15, 0.2) is 0 Å². The predicted molar refractivity (Wildman–Crippen MR) is 112 cm³/mol. The van der Waals surface area contributed by atoms with Crippen molar-refractivity contribution in [2.75, 3.05) is 6.54 Å². The summed E-state index contributed by atoms with van der Waals surface area (Å²) in [6, 6.07) is 23.6. The summed E-state index contributed by atoms with van der Waals surface area (Å²) in [6.07, 6.45) is 0.798. The molecule has 1 heterocycles. The molecule has 0 radical (unpaired) electrons. The molecule has 1 aliphatic rings. The minimum Gasteiger partial charge on any atom is -0.352 e. The first-order valence-electron chi connectivity index (χ1n) is 8.68. The number of nitrogens with one attached hydrogen (secondary N) is 1. The second-order valence-corrected chi connectivity index (χ2v) is 7.62. The van der Waals surface area contributed by atoms with Crippen LogP contribution in [0, 0.1) is 0 Å². The number of aliphatic imine (C=N–C) groups is 1. The van der Waals surface area contributed by atoms with Crippen molar-refractivity contribution in [1.82, 2.24) is 5.32 Å². The summed E-state index contributed by atoms with van der Waals surface area (Å²) in [4.78, 5) is 19.1. The summed E-state index contributed by atoms with van der Waals surface area (Å²) in [5.74, 6) is -0.105. The third-order valence-corrected chi connectivity index (χ3v) is 5.74. The van der Waals surface area contributed by atoms with Crippen LogP contribution in [0.5, 0.6) is 0 Å². The molecular formula is C22H17ClN2OS. The number of rotatable bonds is 4. The van der Waals surface area contributed by atoms with Gasteiger partial charge < -0.3 is 5.32 Å². The van der Waals surface area contributed by atoms with E-state index in [4.69, 9.17) is 11.6 Å². The number of carbonyl (C=O) groups is 1. The topological polar surface area (TPSA) is 41.5 Å². The number of nitrogens with zero attached hydrogens (tertiary/aromatic N) is 1. The minimum atomic E-state index is -0.105. The van der Waals surface area contributed by atoms with Gasteiger partial charge in [0.25, 0.3) is 5.91 Å². The predicted octanol–water partition coefficient (Wildman–Crippen LogP) is 5.44. The lowest BCUT2D eigenvalue weighted by atomic mass is 10.1. The molecule has 3 aromatic carbocycles. The first kappa shape index (κ1) is 17.8. The Kier molecular flexibility index (Phi) is 5.28. The summed E-state index contributed by atoms with van der Waals surface area (Å²) in [5.41, 5.74) is 3.41. The Balaban J connectivity index is 1.50.